The molecule has 3 aromatic rings. The van der Waals surface area contributed by atoms with Crippen molar-refractivity contribution in [3.63, 3.8) is 0 Å². The Kier molecular flexibility index (Phi) is 5.05. The summed E-state index contributed by atoms with van der Waals surface area (Å²) in [5, 5.41) is 0. The fraction of sp³-hybridized carbons (Fsp3) is 0.318. The van der Waals surface area contributed by atoms with Crippen molar-refractivity contribution in [3.05, 3.63) is 75.7 Å². The second kappa shape index (κ2) is 7.64. The third kappa shape index (κ3) is 3.73. The van der Waals surface area contributed by atoms with Crippen molar-refractivity contribution in [2.45, 2.75) is 26.8 Å². The van der Waals surface area contributed by atoms with Crippen molar-refractivity contribution in [3.8, 4) is 0 Å². The van der Waals surface area contributed by atoms with Crippen LogP contribution in [-0.2, 0) is 13.0 Å². The third-order valence-electron chi connectivity index (χ3n) is 5.27. The fourth-order valence-corrected chi connectivity index (χ4v) is 3.80. The molecule has 0 radical (unpaired) electrons. The lowest BCUT2D eigenvalue weighted by molar-refractivity contribution is 0.263. The van der Waals surface area contributed by atoms with E-state index in [2.05, 4.69) is 32.9 Å². The Hall–Kier alpha value is -2.86. The molecule has 1 atom stereocenters. The Labute approximate surface area is 163 Å². The quantitative estimate of drug-likeness (QED) is 0.754. The summed E-state index contributed by atoms with van der Waals surface area (Å²) in [5.74, 6) is -0.0191. The topological polar surface area (TPSA) is 61.9 Å². The zero-order chi connectivity index (χ0) is 19.7. The van der Waals surface area contributed by atoms with Crippen molar-refractivity contribution in [2.24, 2.45) is 5.92 Å². The van der Waals surface area contributed by atoms with E-state index in [9.17, 15) is 9.18 Å². The summed E-state index contributed by atoms with van der Waals surface area (Å²) in [5.41, 5.74) is 5.36. The third-order valence-corrected chi connectivity index (χ3v) is 5.27. The molecule has 0 aromatic carbocycles. The number of H-pyrrole nitrogens is 1. The lowest BCUT2D eigenvalue weighted by atomic mass is 9.93. The molecule has 0 spiro atoms. The summed E-state index contributed by atoms with van der Waals surface area (Å²) < 4.78 is 13.1. The van der Waals surface area contributed by atoms with Crippen LogP contribution in [0.5, 0.6) is 0 Å². The molecule has 0 amide bonds. The molecule has 0 saturated carbocycles. The first-order valence-electron chi connectivity index (χ1n) is 9.58. The molecule has 6 heteroatoms. The first kappa shape index (κ1) is 18.5. The lowest BCUT2D eigenvalue weighted by Crippen LogP contribution is -2.33. The molecule has 28 heavy (non-hydrogen) atoms. The van der Waals surface area contributed by atoms with Gasteiger partial charge >= 0.3 is 0 Å². The van der Waals surface area contributed by atoms with E-state index in [-0.39, 0.29) is 11.4 Å². The van der Waals surface area contributed by atoms with E-state index in [4.69, 9.17) is 0 Å². The van der Waals surface area contributed by atoms with Crippen LogP contribution >= 0.6 is 0 Å². The molecule has 144 valence electrons. The van der Waals surface area contributed by atoms with Crippen molar-refractivity contribution in [1.29, 1.82) is 0 Å². The van der Waals surface area contributed by atoms with Gasteiger partial charge < -0.3 is 4.98 Å². The molecule has 4 heterocycles. The van der Waals surface area contributed by atoms with Crippen molar-refractivity contribution in [2.75, 3.05) is 13.1 Å². The first-order valence-corrected chi connectivity index (χ1v) is 9.58. The van der Waals surface area contributed by atoms with E-state index in [0.717, 1.165) is 53.1 Å². The Bertz CT molecular complexity index is 1090. The molecule has 1 unspecified atom stereocenters. The summed E-state index contributed by atoms with van der Waals surface area (Å²) in [4.78, 5) is 26.1. The van der Waals surface area contributed by atoms with E-state index < -0.39 is 0 Å². The lowest BCUT2D eigenvalue weighted by Gasteiger charge is -2.31. The van der Waals surface area contributed by atoms with Crippen molar-refractivity contribution < 1.29 is 4.39 Å². The summed E-state index contributed by atoms with van der Waals surface area (Å²) in [6.45, 7) is 6.55. The molecular weight excluding hydrogens is 355 g/mol. The second-order valence-electron chi connectivity index (χ2n) is 7.37. The predicted molar refractivity (Wildman–Crippen MR) is 108 cm³/mol. The van der Waals surface area contributed by atoms with Crippen molar-refractivity contribution in [1.82, 2.24) is 19.9 Å². The average molecular weight is 378 g/mol. The normalized spacial score (nSPS) is 17.7. The van der Waals surface area contributed by atoms with Gasteiger partial charge in [0.2, 0.25) is 0 Å². The molecule has 3 aromatic heterocycles. The van der Waals surface area contributed by atoms with Gasteiger partial charge in [-0.05, 0) is 47.7 Å². The van der Waals surface area contributed by atoms with Gasteiger partial charge in [-0.1, -0.05) is 19.9 Å². The first-order chi connectivity index (χ1) is 13.5. The van der Waals surface area contributed by atoms with Gasteiger partial charge in [0, 0.05) is 31.4 Å². The van der Waals surface area contributed by atoms with Crippen LogP contribution in [0.3, 0.4) is 0 Å². The number of pyridine rings is 3. The molecule has 4 rings (SSSR count). The number of aryl methyl sites for hydroxylation is 1. The van der Waals surface area contributed by atoms with Crippen LogP contribution in [0.4, 0.5) is 4.39 Å². The van der Waals surface area contributed by atoms with Gasteiger partial charge in [-0.25, -0.2) is 4.39 Å². The summed E-state index contributed by atoms with van der Waals surface area (Å²) in [7, 11) is 0. The Morgan fingerprint density at radius 2 is 2.11 bits per heavy atom. The highest BCUT2D eigenvalue weighted by Gasteiger charge is 2.21. The minimum Gasteiger partial charge on any atom is -0.320 e. The SMILES string of the molecule is CCc1cc2ncc(CN3CC=C(c4ccc(F)cn4)C(C)C3)cc2[nH]c1=O. The molecule has 1 aliphatic heterocycles. The van der Waals surface area contributed by atoms with Crippen molar-refractivity contribution >= 4 is 16.6 Å². The molecule has 0 fully saturated rings. The highest BCUT2D eigenvalue weighted by atomic mass is 19.1. The van der Waals surface area contributed by atoms with Crippen LogP contribution < -0.4 is 5.56 Å². The Morgan fingerprint density at radius 1 is 1.25 bits per heavy atom. The smallest absolute Gasteiger partial charge is 0.251 e. The predicted octanol–water partition coefficient (Wildman–Crippen LogP) is 3.55. The monoisotopic (exact) mass is 378 g/mol. The maximum absolute atomic E-state index is 13.1. The van der Waals surface area contributed by atoms with E-state index in [1.807, 2.05) is 25.3 Å². The van der Waals surface area contributed by atoms with Gasteiger partial charge in [0.1, 0.15) is 5.82 Å². The molecule has 0 bridgehead atoms. The van der Waals surface area contributed by atoms with E-state index in [1.165, 1.54) is 12.3 Å². The standard InChI is InChI=1S/C22H23FN4O/c1-3-16-9-20-21(26-22(16)28)8-15(10-24-20)13-27-7-6-18(14(2)12-27)19-5-4-17(23)11-25-19/h4-6,8-11,14H,3,7,12-13H2,1-2H3,(H,26,28). The molecule has 5 nitrogen and oxygen atoms in total. The van der Waals surface area contributed by atoms with Crippen LogP contribution in [0, 0.1) is 11.7 Å². The molecule has 1 aliphatic rings. The number of nitrogens with zero attached hydrogens (tertiary/aromatic N) is 3. The maximum Gasteiger partial charge on any atom is 0.251 e. The zero-order valence-electron chi connectivity index (χ0n) is 16.1. The minimum absolute atomic E-state index is 0.0417. The van der Waals surface area contributed by atoms with Gasteiger partial charge in [-0.3, -0.25) is 19.7 Å². The van der Waals surface area contributed by atoms with Crippen LogP contribution in [0.2, 0.25) is 0 Å². The zero-order valence-corrected chi connectivity index (χ0v) is 16.1. The number of nitrogens with one attached hydrogen (secondary N) is 1. The van der Waals surface area contributed by atoms with Gasteiger partial charge in [0.25, 0.3) is 5.56 Å². The van der Waals surface area contributed by atoms with E-state index >= 15 is 0 Å². The average Bonchev–Trinajstić information content (AvgIpc) is 2.68. The number of aromatic amines is 1. The summed E-state index contributed by atoms with van der Waals surface area (Å²) >= 11 is 0. The Balaban J connectivity index is 1.52. The number of fused-ring (bicyclic) bond motifs is 1. The highest BCUT2D eigenvalue weighted by Crippen LogP contribution is 2.27. The van der Waals surface area contributed by atoms with Gasteiger partial charge in [0.15, 0.2) is 0 Å². The molecule has 0 aliphatic carbocycles. The molecular formula is C22H23FN4O. The number of halogens is 1. The maximum atomic E-state index is 13.1. The molecule has 0 saturated heterocycles. The second-order valence-corrected chi connectivity index (χ2v) is 7.37. The van der Waals surface area contributed by atoms with Gasteiger partial charge in [-0.15, -0.1) is 0 Å². The van der Waals surface area contributed by atoms with E-state index in [0.29, 0.717) is 12.3 Å². The van der Waals surface area contributed by atoms with Crippen LogP contribution in [0.25, 0.3) is 16.6 Å². The van der Waals surface area contributed by atoms with E-state index in [1.54, 1.807) is 6.07 Å². The summed E-state index contributed by atoms with van der Waals surface area (Å²) in [6.07, 6.45) is 6.00. The van der Waals surface area contributed by atoms with Gasteiger partial charge in [0.05, 0.1) is 22.9 Å². The van der Waals surface area contributed by atoms with Crippen LogP contribution in [0.15, 0.2) is 47.5 Å². The van der Waals surface area contributed by atoms with Crippen LogP contribution in [0.1, 0.15) is 30.7 Å². The highest BCUT2D eigenvalue weighted by molar-refractivity contribution is 5.74. The summed E-state index contributed by atoms with van der Waals surface area (Å²) in [6, 6.07) is 7.06. The molecule has 1 N–H and O–H groups in total. The fourth-order valence-electron chi connectivity index (χ4n) is 3.80. The minimum atomic E-state index is -0.317. The number of hydrogen-bond acceptors (Lipinski definition) is 4. The van der Waals surface area contributed by atoms with Gasteiger partial charge in [-0.2, -0.15) is 0 Å². The largest absolute Gasteiger partial charge is 0.320 e. The number of rotatable bonds is 4. The Morgan fingerprint density at radius 3 is 2.82 bits per heavy atom. The number of aromatic nitrogens is 3. The van der Waals surface area contributed by atoms with Crippen LogP contribution in [-0.4, -0.2) is 32.9 Å². The number of hydrogen-bond donors (Lipinski definition) is 1.